The van der Waals surface area contributed by atoms with Crippen LogP contribution in [0.2, 0.25) is 0 Å². The Kier molecular flexibility index (Phi) is 3.44. The number of carboxylic acid groups (broad SMARTS) is 1. The molecule has 0 spiro atoms. The van der Waals surface area contributed by atoms with Gasteiger partial charge >= 0.3 is 5.97 Å². The molecule has 1 heterocycles. The van der Waals surface area contributed by atoms with Crippen molar-refractivity contribution in [1.29, 1.82) is 0 Å². The van der Waals surface area contributed by atoms with Crippen molar-refractivity contribution in [1.82, 2.24) is 9.78 Å². The van der Waals surface area contributed by atoms with Crippen LogP contribution in [0.5, 0.6) is 0 Å². The molecule has 0 radical (unpaired) electrons. The second-order valence-electron chi connectivity index (χ2n) is 5.60. The summed E-state index contributed by atoms with van der Waals surface area (Å²) in [5.74, 6) is -1.16. The van der Waals surface area contributed by atoms with Crippen molar-refractivity contribution in [3.05, 3.63) is 58.0 Å². The van der Waals surface area contributed by atoms with Crippen LogP contribution in [-0.2, 0) is 5.41 Å². The number of carbonyl (C=O) groups is 1. The maximum Gasteiger partial charge on any atom is 0.337 e. The Hall–Kier alpha value is -2.43. The largest absolute Gasteiger partial charge is 0.478 e. The van der Waals surface area contributed by atoms with E-state index in [1.54, 1.807) is 12.1 Å². The maximum absolute atomic E-state index is 11.9. The van der Waals surface area contributed by atoms with Crippen LogP contribution in [0.15, 0.2) is 41.3 Å². The molecule has 5 heteroatoms. The van der Waals surface area contributed by atoms with Gasteiger partial charge in [-0.3, -0.25) is 4.79 Å². The topological polar surface area (TPSA) is 72.2 Å². The summed E-state index contributed by atoms with van der Waals surface area (Å²) in [7, 11) is 0. The van der Waals surface area contributed by atoms with Gasteiger partial charge in [0.15, 0.2) is 0 Å². The minimum atomic E-state index is -1.16. The average molecular weight is 272 g/mol. The van der Waals surface area contributed by atoms with Crippen LogP contribution in [0.3, 0.4) is 0 Å². The first-order valence-corrected chi connectivity index (χ1v) is 6.22. The summed E-state index contributed by atoms with van der Waals surface area (Å²) in [6.45, 7) is 6.32. The van der Waals surface area contributed by atoms with E-state index >= 15 is 0 Å². The second kappa shape index (κ2) is 4.92. The summed E-state index contributed by atoms with van der Waals surface area (Å²) in [5.41, 5.74) is 1.21. The highest BCUT2D eigenvalue weighted by Gasteiger charge is 2.13. The Bertz CT molecular complexity index is 694. The van der Waals surface area contributed by atoms with E-state index in [4.69, 9.17) is 5.11 Å². The van der Waals surface area contributed by atoms with Crippen molar-refractivity contribution in [2.24, 2.45) is 0 Å². The van der Waals surface area contributed by atoms with Crippen LogP contribution in [-0.4, -0.2) is 20.9 Å². The predicted octanol–water partition coefficient (Wildman–Crippen LogP) is 2.23. The number of benzene rings is 1. The summed E-state index contributed by atoms with van der Waals surface area (Å²) in [4.78, 5) is 22.6. The van der Waals surface area contributed by atoms with E-state index in [0.29, 0.717) is 5.69 Å². The molecule has 104 valence electrons. The van der Waals surface area contributed by atoms with Crippen LogP contribution in [0.25, 0.3) is 5.69 Å². The maximum atomic E-state index is 11.9. The highest BCUT2D eigenvalue weighted by molar-refractivity contribution is 5.86. The molecule has 2 aromatic rings. The van der Waals surface area contributed by atoms with E-state index in [1.165, 1.54) is 10.9 Å². The molecule has 0 amide bonds. The lowest BCUT2D eigenvalue weighted by atomic mass is 9.87. The Balaban J connectivity index is 2.42. The molecule has 0 aliphatic heterocycles. The molecule has 20 heavy (non-hydrogen) atoms. The molecular formula is C15H16N2O3. The number of rotatable bonds is 2. The van der Waals surface area contributed by atoms with Crippen molar-refractivity contribution < 1.29 is 9.90 Å². The lowest BCUT2D eigenvalue weighted by molar-refractivity contribution is 0.0696. The normalized spacial score (nSPS) is 11.3. The zero-order chi connectivity index (χ0) is 14.9. The number of aromatic carboxylic acids is 1. The van der Waals surface area contributed by atoms with Gasteiger partial charge < -0.3 is 5.11 Å². The fraction of sp³-hybridized carbons (Fsp3) is 0.267. The van der Waals surface area contributed by atoms with E-state index in [-0.39, 0.29) is 11.0 Å². The third-order valence-corrected chi connectivity index (χ3v) is 3.02. The van der Waals surface area contributed by atoms with Gasteiger partial charge in [-0.25, -0.2) is 4.79 Å². The summed E-state index contributed by atoms with van der Waals surface area (Å²) in [6.07, 6.45) is 1.17. The monoisotopic (exact) mass is 272 g/mol. The first kappa shape index (κ1) is 14.0. The summed E-state index contributed by atoms with van der Waals surface area (Å²) >= 11 is 0. The predicted molar refractivity (Wildman–Crippen MR) is 75.5 cm³/mol. The first-order valence-electron chi connectivity index (χ1n) is 6.22. The van der Waals surface area contributed by atoms with Gasteiger partial charge in [-0.05, 0) is 23.1 Å². The standard InChI is InChI=1S/C15H16N2O3/c1-15(2,3)11-4-6-12(7-5-11)17-13(18)8-10(9-16-17)14(19)20/h4-9H,1-3H3,(H,19,20). The second-order valence-corrected chi connectivity index (χ2v) is 5.60. The third-order valence-electron chi connectivity index (χ3n) is 3.02. The number of aromatic nitrogens is 2. The zero-order valence-corrected chi connectivity index (χ0v) is 11.6. The molecule has 1 aromatic heterocycles. The van der Waals surface area contributed by atoms with Gasteiger partial charge in [-0.15, -0.1) is 0 Å². The molecule has 0 atom stereocenters. The fourth-order valence-corrected chi connectivity index (χ4v) is 1.82. The lowest BCUT2D eigenvalue weighted by Gasteiger charge is -2.19. The van der Waals surface area contributed by atoms with Gasteiger partial charge in [0.25, 0.3) is 5.56 Å². The highest BCUT2D eigenvalue weighted by atomic mass is 16.4. The van der Waals surface area contributed by atoms with Gasteiger partial charge in [0.05, 0.1) is 17.4 Å². The Morgan fingerprint density at radius 2 is 1.80 bits per heavy atom. The van der Waals surface area contributed by atoms with Crippen LogP contribution in [0.4, 0.5) is 0 Å². The molecule has 1 N–H and O–H groups in total. The van der Waals surface area contributed by atoms with Crippen molar-refractivity contribution in [2.45, 2.75) is 26.2 Å². The summed E-state index contributed by atoms with van der Waals surface area (Å²) in [6, 6.07) is 8.54. The van der Waals surface area contributed by atoms with Gasteiger partial charge in [0.1, 0.15) is 0 Å². The Morgan fingerprint density at radius 3 is 2.25 bits per heavy atom. The van der Waals surface area contributed by atoms with Crippen molar-refractivity contribution in [3.8, 4) is 5.69 Å². The molecule has 0 saturated heterocycles. The molecule has 0 aliphatic rings. The number of hydrogen-bond donors (Lipinski definition) is 1. The van der Waals surface area contributed by atoms with Crippen LogP contribution in [0.1, 0.15) is 36.7 Å². The molecule has 0 aliphatic carbocycles. The molecule has 0 bridgehead atoms. The van der Waals surface area contributed by atoms with Gasteiger partial charge in [0.2, 0.25) is 0 Å². The summed E-state index contributed by atoms with van der Waals surface area (Å²) in [5, 5.41) is 12.7. The minimum absolute atomic E-state index is 0.0318. The lowest BCUT2D eigenvalue weighted by Crippen LogP contribution is -2.22. The summed E-state index contributed by atoms with van der Waals surface area (Å²) < 4.78 is 1.18. The quantitative estimate of drug-likeness (QED) is 0.910. The van der Waals surface area contributed by atoms with E-state index < -0.39 is 11.5 Å². The van der Waals surface area contributed by atoms with E-state index in [1.807, 2.05) is 12.1 Å². The number of hydrogen-bond acceptors (Lipinski definition) is 3. The first-order chi connectivity index (χ1) is 9.29. The van der Waals surface area contributed by atoms with E-state index in [9.17, 15) is 9.59 Å². The molecule has 2 rings (SSSR count). The number of nitrogens with zero attached hydrogens (tertiary/aromatic N) is 2. The van der Waals surface area contributed by atoms with Crippen LogP contribution < -0.4 is 5.56 Å². The minimum Gasteiger partial charge on any atom is -0.478 e. The third kappa shape index (κ3) is 2.77. The van der Waals surface area contributed by atoms with Crippen LogP contribution >= 0.6 is 0 Å². The molecule has 0 unspecified atom stereocenters. The van der Waals surface area contributed by atoms with E-state index in [2.05, 4.69) is 25.9 Å². The SMILES string of the molecule is CC(C)(C)c1ccc(-n2ncc(C(=O)O)cc2=O)cc1. The van der Waals surface area contributed by atoms with Gasteiger partial charge in [0, 0.05) is 6.07 Å². The number of carboxylic acids is 1. The van der Waals surface area contributed by atoms with E-state index in [0.717, 1.165) is 11.6 Å². The molecule has 5 nitrogen and oxygen atoms in total. The van der Waals surface area contributed by atoms with Gasteiger partial charge in [-0.1, -0.05) is 32.9 Å². The highest BCUT2D eigenvalue weighted by Crippen LogP contribution is 2.22. The average Bonchev–Trinajstić information content (AvgIpc) is 2.37. The van der Waals surface area contributed by atoms with Crippen molar-refractivity contribution >= 4 is 5.97 Å². The molecule has 1 aromatic carbocycles. The Morgan fingerprint density at radius 1 is 1.20 bits per heavy atom. The molecular weight excluding hydrogens is 256 g/mol. The molecule has 0 fully saturated rings. The van der Waals surface area contributed by atoms with Gasteiger partial charge in [-0.2, -0.15) is 9.78 Å². The van der Waals surface area contributed by atoms with Crippen molar-refractivity contribution in [3.63, 3.8) is 0 Å². The molecule has 0 saturated carbocycles. The van der Waals surface area contributed by atoms with Crippen LogP contribution in [0, 0.1) is 0 Å². The van der Waals surface area contributed by atoms with Crippen molar-refractivity contribution in [2.75, 3.05) is 0 Å². The zero-order valence-electron chi connectivity index (χ0n) is 11.6. The Labute approximate surface area is 116 Å². The fourth-order valence-electron chi connectivity index (χ4n) is 1.82. The smallest absolute Gasteiger partial charge is 0.337 e.